The van der Waals surface area contributed by atoms with Crippen LogP contribution in [-0.2, 0) is 4.79 Å². The van der Waals surface area contributed by atoms with Gasteiger partial charge < -0.3 is 15.5 Å². The van der Waals surface area contributed by atoms with Gasteiger partial charge in [0.1, 0.15) is 0 Å². The highest BCUT2D eigenvalue weighted by atomic mass is 35.5. The van der Waals surface area contributed by atoms with Crippen molar-refractivity contribution >= 4 is 30.7 Å². The van der Waals surface area contributed by atoms with Crippen molar-refractivity contribution in [2.75, 3.05) is 33.7 Å². The number of likely N-dealkylation sites (N-methyl/N-ethyl adjacent to an activating group) is 1. The Morgan fingerprint density at radius 3 is 2.62 bits per heavy atom. The summed E-state index contributed by atoms with van der Waals surface area (Å²) in [4.78, 5) is 13.4. The van der Waals surface area contributed by atoms with E-state index in [0.29, 0.717) is 12.6 Å². The number of rotatable bonds is 3. The Bertz CT molecular complexity index is 183. The quantitative estimate of drug-likeness (QED) is 0.793. The summed E-state index contributed by atoms with van der Waals surface area (Å²) in [6.07, 6.45) is 3.32. The molecule has 6 heteroatoms. The minimum absolute atomic E-state index is 0. The number of halogens is 2. The second-order valence-corrected chi connectivity index (χ2v) is 4.18. The Morgan fingerprint density at radius 1 is 1.31 bits per heavy atom. The standard InChI is InChI=1S/C10H21N3O.2ClH/c1-13(2)8-10(14)12-9-4-3-6-11-7-5-9;;/h9,11H,3-8H2,1-2H3,(H,12,14);2*1H. The van der Waals surface area contributed by atoms with Crippen molar-refractivity contribution in [3.8, 4) is 0 Å². The summed E-state index contributed by atoms with van der Waals surface area (Å²) >= 11 is 0. The molecule has 4 nitrogen and oxygen atoms in total. The molecule has 0 saturated carbocycles. The van der Waals surface area contributed by atoms with Gasteiger partial charge in [0, 0.05) is 6.04 Å². The zero-order valence-electron chi connectivity index (χ0n) is 9.99. The molecule has 1 fully saturated rings. The fraction of sp³-hybridized carbons (Fsp3) is 0.900. The number of amides is 1. The van der Waals surface area contributed by atoms with E-state index in [9.17, 15) is 4.79 Å². The highest BCUT2D eigenvalue weighted by Crippen LogP contribution is 2.04. The molecule has 0 aliphatic carbocycles. The number of nitrogens with zero attached hydrogens (tertiary/aromatic N) is 1. The van der Waals surface area contributed by atoms with Crippen LogP contribution >= 0.6 is 24.8 Å². The Balaban J connectivity index is 0. The minimum atomic E-state index is 0. The van der Waals surface area contributed by atoms with E-state index in [1.807, 2.05) is 19.0 Å². The molecule has 1 aliphatic heterocycles. The van der Waals surface area contributed by atoms with E-state index in [2.05, 4.69) is 10.6 Å². The number of hydrogen-bond donors (Lipinski definition) is 2. The Kier molecular flexibility index (Phi) is 11.6. The summed E-state index contributed by atoms with van der Waals surface area (Å²) in [6.45, 7) is 2.59. The van der Waals surface area contributed by atoms with E-state index >= 15 is 0 Å². The summed E-state index contributed by atoms with van der Waals surface area (Å²) in [5.41, 5.74) is 0. The Labute approximate surface area is 110 Å². The van der Waals surface area contributed by atoms with Crippen LogP contribution in [0.3, 0.4) is 0 Å². The Morgan fingerprint density at radius 2 is 2.00 bits per heavy atom. The van der Waals surface area contributed by atoms with E-state index in [-0.39, 0.29) is 30.7 Å². The van der Waals surface area contributed by atoms with Crippen LogP contribution in [0.25, 0.3) is 0 Å². The molecule has 16 heavy (non-hydrogen) atoms. The average Bonchev–Trinajstić information content (AvgIpc) is 2.31. The van der Waals surface area contributed by atoms with Gasteiger partial charge in [0.2, 0.25) is 5.91 Å². The van der Waals surface area contributed by atoms with Gasteiger partial charge in [0.05, 0.1) is 6.54 Å². The maximum Gasteiger partial charge on any atom is 0.234 e. The third kappa shape index (κ3) is 8.16. The topological polar surface area (TPSA) is 44.4 Å². The number of hydrogen-bond acceptors (Lipinski definition) is 3. The minimum Gasteiger partial charge on any atom is -0.352 e. The molecule has 0 aromatic heterocycles. The highest BCUT2D eigenvalue weighted by molar-refractivity contribution is 5.85. The molecule has 0 spiro atoms. The van der Waals surface area contributed by atoms with E-state index < -0.39 is 0 Å². The highest BCUT2D eigenvalue weighted by Gasteiger charge is 2.14. The number of nitrogens with one attached hydrogen (secondary N) is 2. The predicted octanol–water partition coefficient (Wildman–Crippen LogP) is 0.650. The number of carbonyl (C=O) groups excluding carboxylic acids is 1. The van der Waals surface area contributed by atoms with Crippen LogP contribution in [-0.4, -0.2) is 50.6 Å². The lowest BCUT2D eigenvalue weighted by atomic mass is 10.1. The molecular weight excluding hydrogens is 249 g/mol. The van der Waals surface area contributed by atoms with Crippen LogP contribution in [0.2, 0.25) is 0 Å². The first-order chi connectivity index (χ1) is 6.68. The molecule has 1 saturated heterocycles. The van der Waals surface area contributed by atoms with Crippen molar-refractivity contribution in [3.05, 3.63) is 0 Å². The summed E-state index contributed by atoms with van der Waals surface area (Å²) in [5, 5.41) is 6.40. The lowest BCUT2D eigenvalue weighted by Gasteiger charge is -2.17. The molecule has 1 amide bonds. The van der Waals surface area contributed by atoms with Gasteiger partial charge in [0.15, 0.2) is 0 Å². The molecule has 0 aromatic rings. The van der Waals surface area contributed by atoms with Crippen molar-refractivity contribution < 1.29 is 4.79 Å². The lowest BCUT2D eigenvalue weighted by molar-refractivity contribution is -0.122. The Hall–Kier alpha value is -0.0300. The van der Waals surface area contributed by atoms with Crippen LogP contribution in [0.5, 0.6) is 0 Å². The second kappa shape index (κ2) is 10.1. The zero-order chi connectivity index (χ0) is 10.4. The normalized spacial score (nSPS) is 20.3. The second-order valence-electron chi connectivity index (χ2n) is 4.18. The maximum atomic E-state index is 11.5. The molecule has 1 heterocycles. The molecular formula is C10H23Cl2N3O. The van der Waals surface area contributed by atoms with E-state index in [1.165, 1.54) is 0 Å². The maximum absolute atomic E-state index is 11.5. The fourth-order valence-electron chi connectivity index (χ4n) is 1.72. The SMILES string of the molecule is CN(C)CC(=O)NC1CCCNCC1.Cl.Cl. The molecule has 0 radical (unpaired) electrons. The smallest absolute Gasteiger partial charge is 0.234 e. The van der Waals surface area contributed by atoms with Crippen molar-refractivity contribution in [1.29, 1.82) is 0 Å². The molecule has 0 aromatic carbocycles. The van der Waals surface area contributed by atoms with Gasteiger partial charge in [0.25, 0.3) is 0 Å². The van der Waals surface area contributed by atoms with Crippen LogP contribution < -0.4 is 10.6 Å². The first-order valence-electron chi connectivity index (χ1n) is 5.33. The van der Waals surface area contributed by atoms with Gasteiger partial charge in [-0.25, -0.2) is 0 Å². The van der Waals surface area contributed by atoms with Gasteiger partial charge in [-0.3, -0.25) is 4.79 Å². The molecule has 2 N–H and O–H groups in total. The molecule has 0 bridgehead atoms. The molecule has 1 rings (SSSR count). The lowest BCUT2D eigenvalue weighted by Crippen LogP contribution is -2.40. The van der Waals surface area contributed by atoms with Gasteiger partial charge in [-0.05, 0) is 46.4 Å². The van der Waals surface area contributed by atoms with Gasteiger partial charge in [-0.2, -0.15) is 0 Å². The van der Waals surface area contributed by atoms with E-state index in [4.69, 9.17) is 0 Å². The molecule has 98 valence electrons. The number of carbonyl (C=O) groups is 1. The van der Waals surface area contributed by atoms with Crippen molar-refractivity contribution in [3.63, 3.8) is 0 Å². The summed E-state index contributed by atoms with van der Waals surface area (Å²) in [6, 6.07) is 0.373. The van der Waals surface area contributed by atoms with Crippen molar-refractivity contribution in [2.24, 2.45) is 0 Å². The van der Waals surface area contributed by atoms with Crippen molar-refractivity contribution in [2.45, 2.75) is 25.3 Å². The van der Waals surface area contributed by atoms with Crippen LogP contribution in [0.15, 0.2) is 0 Å². The average molecular weight is 272 g/mol. The van der Waals surface area contributed by atoms with Gasteiger partial charge >= 0.3 is 0 Å². The largest absolute Gasteiger partial charge is 0.352 e. The van der Waals surface area contributed by atoms with Gasteiger partial charge in [-0.15, -0.1) is 24.8 Å². The molecule has 1 aliphatic rings. The first-order valence-corrected chi connectivity index (χ1v) is 5.33. The van der Waals surface area contributed by atoms with Crippen molar-refractivity contribution in [1.82, 2.24) is 15.5 Å². The fourth-order valence-corrected chi connectivity index (χ4v) is 1.72. The van der Waals surface area contributed by atoms with Crippen LogP contribution in [0.4, 0.5) is 0 Å². The summed E-state index contributed by atoms with van der Waals surface area (Å²) in [5.74, 6) is 0.141. The van der Waals surface area contributed by atoms with E-state index in [0.717, 1.165) is 32.4 Å². The monoisotopic (exact) mass is 271 g/mol. The predicted molar refractivity (Wildman–Crippen MR) is 71.7 cm³/mol. The van der Waals surface area contributed by atoms with E-state index in [1.54, 1.807) is 0 Å². The van der Waals surface area contributed by atoms with Crippen LogP contribution in [0, 0.1) is 0 Å². The first kappa shape index (κ1) is 18.3. The zero-order valence-corrected chi connectivity index (χ0v) is 11.6. The summed E-state index contributed by atoms with van der Waals surface area (Å²) < 4.78 is 0. The molecule has 1 atom stereocenters. The summed E-state index contributed by atoms with van der Waals surface area (Å²) in [7, 11) is 3.82. The molecule has 1 unspecified atom stereocenters. The van der Waals surface area contributed by atoms with Gasteiger partial charge in [-0.1, -0.05) is 0 Å². The third-order valence-corrected chi connectivity index (χ3v) is 2.40. The third-order valence-electron chi connectivity index (χ3n) is 2.40. The van der Waals surface area contributed by atoms with Crippen LogP contribution in [0.1, 0.15) is 19.3 Å².